The van der Waals surface area contributed by atoms with Gasteiger partial charge in [0.25, 0.3) is 5.91 Å². The number of thiazole rings is 1. The van der Waals surface area contributed by atoms with Crippen molar-refractivity contribution >= 4 is 38.1 Å². The molecule has 4 rings (SSSR count). The van der Waals surface area contributed by atoms with E-state index in [1.807, 2.05) is 12.3 Å². The molecule has 2 aromatic rings. The second-order valence-corrected chi connectivity index (χ2v) is 11.2. The monoisotopic (exact) mass is 464 g/mol. The molecule has 1 aromatic heterocycles. The number of carbonyl (C=O) groups is 1. The van der Waals surface area contributed by atoms with Gasteiger partial charge in [-0.25, -0.2) is 13.4 Å². The molecule has 0 spiro atoms. The molecule has 3 heterocycles. The van der Waals surface area contributed by atoms with E-state index >= 15 is 0 Å². The number of nitrogens with zero attached hydrogens (tertiary/aromatic N) is 3. The lowest BCUT2D eigenvalue weighted by Crippen LogP contribution is -2.44. The Hall–Kier alpha value is -2.01. The topological polar surface area (TPSA) is 91.8 Å². The number of carbonyl (C=O) groups excluding carboxylic acids is 1. The molecule has 1 amide bonds. The number of ether oxygens (including phenoxy) is 1. The van der Waals surface area contributed by atoms with Crippen molar-refractivity contribution in [3.63, 3.8) is 0 Å². The fourth-order valence-corrected chi connectivity index (χ4v) is 6.46. The van der Waals surface area contributed by atoms with Gasteiger partial charge in [0.15, 0.2) is 5.13 Å². The van der Waals surface area contributed by atoms with Crippen LogP contribution in [0.5, 0.6) is 0 Å². The predicted molar refractivity (Wildman–Crippen MR) is 122 cm³/mol. The lowest BCUT2D eigenvalue weighted by molar-refractivity contribution is -0.0707. The maximum atomic E-state index is 12.8. The minimum Gasteiger partial charge on any atom is -0.373 e. The van der Waals surface area contributed by atoms with Crippen LogP contribution in [0.3, 0.4) is 0 Å². The molecule has 0 aliphatic carbocycles. The average molecular weight is 465 g/mol. The number of hydrogen-bond donors (Lipinski definition) is 1. The van der Waals surface area contributed by atoms with E-state index in [1.165, 1.54) is 21.9 Å². The van der Waals surface area contributed by atoms with Crippen LogP contribution in [-0.2, 0) is 27.7 Å². The van der Waals surface area contributed by atoms with Gasteiger partial charge < -0.3 is 4.74 Å². The maximum Gasteiger partial charge on any atom is 0.257 e. The Morgan fingerprint density at radius 3 is 2.65 bits per heavy atom. The molecule has 168 valence electrons. The van der Waals surface area contributed by atoms with Gasteiger partial charge in [-0.15, -0.1) is 11.3 Å². The van der Waals surface area contributed by atoms with Crippen molar-refractivity contribution in [2.75, 3.05) is 29.0 Å². The number of sulfonamides is 1. The molecule has 2 aliphatic heterocycles. The minimum atomic E-state index is -3.35. The summed E-state index contributed by atoms with van der Waals surface area (Å²) in [5, 5.41) is 5.39. The fraction of sp³-hybridized carbons (Fsp3) is 0.524. The quantitative estimate of drug-likeness (QED) is 0.732. The van der Waals surface area contributed by atoms with E-state index < -0.39 is 10.0 Å². The molecule has 2 aliphatic rings. The summed E-state index contributed by atoms with van der Waals surface area (Å²) < 4.78 is 31.3. The van der Waals surface area contributed by atoms with Crippen LogP contribution in [0.2, 0.25) is 0 Å². The molecule has 10 heteroatoms. The molecule has 3 atom stereocenters. The molecular weight excluding hydrogens is 436 g/mol. The number of amides is 1. The Balaban J connectivity index is 1.42. The van der Waals surface area contributed by atoms with E-state index in [1.54, 1.807) is 18.2 Å². The number of benzene rings is 1. The second-order valence-electron chi connectivity index (χ2n) is 8.50. The molecule has 1 fully saturated rings. The van der Waals surface area contributed by atoms with E-state index in [0.717, 1.165) is 30.9 Å². The first-order valence-corrected chi connectivity index (χ1v) is 13.1. The summed E-state index contributed by atoms with van der Waals surface area (Å²) in [5.74, 6) is -0.247. The van der Waals surface area contributed by atoms with Gasteiger partial charge in [-0.3, -0.25) is 19.3 Å². The third-order valence-electron chi connectivity index (χ3n) is 5.51. The van der Waals surface area contributed by atoms with Gasteiger partial charge in [0.05, 0.1) is 29.8 Å². The van der Waals surface area contributed by atoms with Crippen LogP contribution in [0, 0.1) is 0 Å². The highest BCUT2D eigenvalue weighted by Crippen LogP contribution is 2.35. The van der Waals surface area contributed by atoms with Crippen molar-refractivity contribution in [2.45, 2.75) is 52.0 Å². The second kappa shape index (κ2) is 8.50. The molecule has 0 bridgehead atoms. The molecule has 3 unspecified atom stereocenters. The van der Waals surface area contributed by atoms with Crippen LogP contribution in [0.25, 0.3) is 0 Å². The lowest BCUT2D eigenvalue weighted by atomic mass is 10.1. The smallest absolute Gasteiger partial charge is 0.257 e. The zero-order valence-corrected chi connectivity index (χ0v) is 19.8. The van der Waals surface area contributed by atoms with Crippen molar-refractivity contribution in [2.24, 2.45) is 0 Å². The summed E-state index contributed by atoms with van der Waals surface area (Å²) in [5.41, 5.74) is 2.93. The number of hydrogen-bond acceptors (Lipinski definition) is 7. The van der Waals surface area contributed by atoms with Gasteiger partial charge in [-0.1, -0.05) is 0 Å². The zero-order chi connectivity index (χ0) is 22.3. The third kappa shape index (κ3) is 4.92. The van der Waals surface area contributed by atoms with Crippen molar-refractivity contribution in [3.05, 3.63) is 40.4 Å². The maximum absolute atomic E-state index is 12.8. The molecule has 31 heavy (non-hydrogen) atoms. The number of fused-ring (bicyclic) bond motifs is 1. The Labute approximate surface area is 187 Å². The van der Waals surface area contributed by atoms with Gasteiger partial charge >= 0.3 is 0 Å². The van der Waals surface area contributed by atoms with Crippen LogP contribution in [0.15, 0.2) is 23.6 Å². The van der Waals surface area contributed by atoms with Crippen molar-refractivity contribution < 1.29 is 17.9 Å². The summed E-state index contributed by atoms with van der Waals surface area (Å²) in [6.07, 6.45) is 2.18. The first kappa shape index (κ1) is 22.2. The lowest BCUT2D eigenvalue weighted by Gasteiger charge is -2.34. The predicted octanol–water partition coefficient (Wildman–Crippen LogP) is 2.72. The summed E-state index contributed by atoms with van der Waals surface area (Å²) in [7, 11) is -3.35. The van der Waals surface area contributed by atoms with Crippen LogP contribution in [-0.4, -0.2) is 61.8 Å². The molecule has 1 N–H and O–H groups in total. The highest BCUT2D eigenvalue weighted by Gasteiger charge is 2.33. The third-order valence-corrected chi connectivity index (χ3v) is 7.58. The molecule has 1 aromatic carbocycles. The SMILES string of the molecule is CC1CN(Cc2csc(NC(=O)c3ccc4c(c3)CC(C)N4S(C)(=O)=O)n2)CC(C)O1. The Morgan fingerprint density at radius 1 is 1.26 bits per heavy atom. The van der Waals surface area contributed by atoms with Crippen LogP contribution in [0.1, 0.15) is 42.4 Å². The van der Waals surface area contributed by atoms with Gasteiger partial charge in [-0.2, -0.15) is 0 Å². The summed E-state index contributed by atoms with van der Waals surface area (Å²) >= 11 is 1.40. The first-order valence-electron chi connectivity index (χ1n) is 10.4. The van der Waals surface area contributed by atoms with Crippen molar-refractivity contribution in [3.8, 4) is 0 Å². The fourth-order valence-electron chi connectivity index (χ4n) is 4.50. The molecule has 8 nitrogen and oxygen atoms in total. The van der Waals surface area contributed by atoms with E-state index in [-0.39, 0.29) is 24.2 Å². The Morgan fingerprint density at radius 2 is 1.97 bits per heavy atom. The number of rotatable bonds is 5. The van der Waals surface area contributed by atoms with Gasteiger partial charge in [0, 0.05) is 36.6 Å². The highest BCUT2D eigenvalue weighted by molar-refractivity contribution is 7.92. The van der Waals surface area contributed by atoms with E-state index in [2.05, 4.69) is 29.0 Å². The Kier molecular flexibility index (Phi) is 6.08. The number of aromatic nitrogens is 1. The molecule has 0 radical (unpaired) electrons. The summed E-state index contributed by atoms with van der Waals surface area (Å²) in [6.45, 7) is 8.46. The van der Waals surface area contributed by atoms with Gasteiger partial charge in [-0.05, 0) is 51.0 Å². The molecule has 1 saturated heterocycles. The van der Waals surface area contributed by atoms with Crippen molar-refractivity contribution in [1.82, 2.24) is 9.88 Å². The van der Waals surface area contributed by atoms with Crippen LogP contribution < -0.4 is 9.62 Å². The van der Waals surface area contributed by atoms with E-state index in [0.29, 0.717) is 22.8 Å². The van der Waals surface area contributed by atoms with E-state index in [4.69, 9.17) is 4.74 Å². The van der Waals surface area contributed by atoms with Crippen LogP contribution >= 0.6 is 11.3 Å². The Bertz CT molecular complexity index is 1070. The van der Waals surface area contributed by atoms with Crippen LogP contribution in [0.4, 0.5) is 10.8 Å². The minimum absolute atomic E-state index is 0.157. The molecular formula is C21H28N4O4S2. The summed E-state index contributed by atoms with van der Waals surface area (Å²) in [6, 6.07) is 4.99. The number of anilines is 2. The number of morpholine rings is 1. The zero-order valence-electron chi connectivity index (χ0n) is 18.2. The number of nitrogens with one attached hydrogen (secondary N) is 1. The van der Waals surface area contributed by atoms with Crippen molar-refractivity contribution in [1.29, 1.82) is 0 Å². The summed E-state index contributed by atoms with van der Waals surface area (Å²) in [4.78, 5) is 19.6. The normalized spacial score (nSPS) is 24.3. The largest absolute Gasteiger partial charge is 0.373 e. The average Bonchev–Trinajstić information content (AvgIpc) is 3.22. The highest BCUT2D eigenvalue weighted by atomic mass is 32.2. The molecule has 0 saturated carbocycles. The van der Waals surface area contributed by atoms with Gasteiger partial charge in [0.1, 0.15) is 0 Å². The standard InChI is InChI=1S/C21H28N4O4S2/c1-13-7-17-8-16(5-6-19(17)25(13)31(4,27)28)20(26)23-21-22-18(12-30-21)11-24-9-14(2)29-15(3)10-24/h5-6,8,12-15H,7,9-11H2,1-4H3,(H,22,23,26). The van der Waals surface area contributed by atoms with E-state index in [9.17, 15) is 13.2 Å². The first-order chi connectivity index (χ1) is 14.6. The van der Waals surface area contributed by atoms with Gasteiger partial charge in [0.2, 0.25) is 10.0 Å².